The fraction of sp³-hybridized carbons (Fsp3) is 0.562. The second kappa shape index (κ2) is 6.45. The summed E-state index contributed by atoms with van der Waals surface area (Å²) >= 11 is 0. The number of nitrogens with two attached hydrogens (primary N) is 1. The third kappa shape index (κ3) is 2.89. The Balaban J connectivity index is 1.85. The van der Waals surface area contributed by atoms with E-state index < -0.39 is 0 Å². The number of imidazole rings is 1. The van der Waals surface area contributed by atoms with E-state index in [0.717, 1.165) is 56.1 Å². The van der Waals surface area contributed by atoms with E-state index in [1.807, 2.05) is 24.4 Å². The summed E-state index contributed by atoms with van der Waals surface area (Å²) in [4.78, 5) is 7.11. The lowest BCUT2D eigenvalue weighted by Gasteiger charge is -2.33. The van der Waals surface area contributed by atoms with Crippen molar-refractivity contribution in [3.8, 4) is 0 Å². The van der Waals surface area contributed by atoms with E-state index in [0.29, 0.717) is 12.6 Å². The Morgan fingerprint density at radius 2 is 2.33 bits per heavy atom. The molecule has 0 spiro atoms. The fourth-order valence-corrected chi connectivity index (χ4v) is 3.03. The molecule has 5 nitrogen and oxygen atoms in total. The molecule has 0 amide bonds. The molecule has 0 aromatic carbocycles. The minimum absolute atomic E-state index is 0.314. The van der Waals surface area contributed by atoms with Gasteiger partial charge in [-0.2, -0.15) is 0 Å². The lowest BCUT2D eigenvalue weighted by molar-refractivity contribution is 0.0439. The monoisotopic (exact) mass is 288 g/mol. The van der Waals surface area contributed by atoms with Gasteiger partial charge in [-0.15, -0.1) is 0 Å². The molecule has 1 unspecified atom stereocenters. The van der Waals surface area contributed by atoms with Crippen molar-refractivity contribution in [2.45, 2.75) is 38.8 Å². The van der Waals surface area contributed by atoms with Gasteiger partial charge in [-0.1, -0.05) is 13.0 Å². The number of aromatic nitrogens is 2. The summed E-state index contributed by atoms with van der Waals surface area (Å²) in [6.07, 6.45) is 5.70. The maximum Gasteiger partial charge on any atom is 0.152 e. The third-order valence-electron chi connectivity index (χ3n) is 4.04. The third-order valence-corrected chi connectivity index (χ3v) is 4.04. The standard InChI is InChI=1S/C16H24N4O/c1-2-10-21-13-6-5-8-19(12-13)16-14(11-17)20-9-4-3-7-15(20)18-16/h3-4,7,9,13H,2,5-6,8,10-12,17H2,1H3. The van der Waals surface area contributed by atoms with Gasteiger partial charge in [0, 0.05) is 32.4 Å². The van der Waals surface area contributed by atoms with Gasteiger partial charge in [0.2, 0.25) is 0 Å². The SMILES string of the molecule is CCCOC1CCCN(c2nc3ccccn3c2CN)C1. The number of pyridine rings is 1. The molecular formula is C16H24N4O. The zero-order chi connectivity index (χ0) is 14.7. The van der Waals surface area contributed by atoms with Gasteiger partial charge >= 0.3 is 0 Å². The number of anilines is 1. The quantitative estimate of drug-likeness (QED) is 0.916. The van der Waals surface area contributed by atoms with Crippen LogP contribution in [0.15, 0.2) is 24.4 Å². The summed E-state index contributed by atoms with van der Waals surface area (Å²) in [5, 5.41) is 0. The largest absolute Gasteiger partial charge is 0.376 e. The molecule has 2 aromatic rings. The minimum Gasteiger partial charge on any atom is -0.376 e. The lowest BCUT2D eigenvalue weighted by atomic mass is 10.1. The van der Waals surface area contributed by atoms with Gasteiger partial charge in [0.1, 0.15) is 5.65 Å². The Morgan fingerprint density at radius 1 is 1.43 bits per heavy atom. The van der Waals surface area contributed by atoms with Crippen molar-refractivity contribution < 1.29 is 4.74 Å². The number of fused-ring (bicyclic) bond motifs is 1. The summed E-state index contributed by atoms with van der Waals surface area (Å²) in [5.41, 5.74) is 8.01. The predicted molar refractivity (Wildman–Crippen MR) is 84.6 cm³/mol. The molecule has 5 heteroatoms. The highest BCUT2D eigenvalue weighted by Gasteiger charge is 2.24. The molecule has 3 heterocycles. The van der Waals surface area contributed by atoms with Gasteiger partial charge in [0.05, 0.1) is 11.8 Å². The Hall–Kier alpha value is -1.59. The first-order valence-electron chi connectivity index (χ1n) is 7.86. The average Bonchev–Trinajstić information content (AvgIpc) is 2.91. The van der Waals surface area contributed by atoms with E-state index >= 15 is 0 Å². The van der Waals surface area contributed by atoms with Gasteiger partial charge in [-0.25, -0.2) is 4.98 Å². The summed E-state index contributed by atoms with van der Waals surface area (Å²) in [6.45, 7) is 5.43. The predicted octanol–water partition coefficient (Wildman–Crippen LogP) is 2.19. The van der Waals surface area contributed by atoms with Crippen molar-refractivity contribution in [2.75, 3.05) is 24.6 Å². The van der Waals surface area contributed by atoms with E-state index in [9.17, 15) is 0 Å². The second-order valence-corrected chi connectivity index (χ2v) is 5.60. The fourth-order valence-electron chi connectivity index (χ4n) is 3.03. The van der Waals surface area contributed by atoms with Crippen molar-refractivity contribution >= 4 is 11.5 Å². The van der Waals surface area contributed by atoms with Gasteiger partial charge in [0.15, 0.2) is 5.82 Å². The topological polar surface area (TPSA) is 55.8 Å². The van der Waals surface area contributed by atoms with Gasteiger partial charge < -0.3 is 19.8 Å². The van der Waals surface area contributed by atoms with Crippen LogP contribution in [-0.2, 0) is 11.3 Å². The summed E-state index contributed by atoms with van der Waals surface area (Å²) in [6, 6.07) is 6.05. The zero-order valence-electron chi connectivity index (χ0n) is 12.7. The van der Waals surface area contributed by atoms with E-state index in [-0.39, 0.29) is 0 Å². The number of rotatable bonds is 5. The first kappa shape index (κ1) is 14.4. The molecule has 2 N–H and O–H groups in total. The first-order chi connectivity index (χ1) is 10.3. The van der Waals surface area contributed by atoms with Crippen LogP contribution in [0.3, 0.4) is 0 Å². The van der Waals surface area contributed by atoms with Crippen LogP contribution in [0, 0.1) is 0 Å². The average molecular weight is 288 g/mol. The number of piperidine rings is 1. The van der Waals surface area contributed by atoms with Crippen LogP contribution in [0.1, 0.15) is 31.9 Å². The minimum atomic E-state index is 0.314. The van der Waals surface area contributed by atoms with Crippen LogP contribution in [0.5, 0.6) is 0 Å². The van der Waals surface area contributed by atoms with Crippen molar-refractivity contribution in [3.63, 3.8) is 0 Å². The maximum atomic E-state index is 5.96. The van der Waals surface area contributed by atoms with Crippen LogP contribution < -0.4 is 10.6 Å². The van der Waals surface area contributed by atoms with Crippen LogP contribution in [0.25, 0.3) is 5.65 Å². The highest BCUT2D eigenvalue weighted by Crippen LogP contribution is 2.25. The van der Waals surface area contributed by atoms with Crippen molar-refractivity contribution in [1.29, 1.82) is 0 Å². The lowest BCUT2D eigenvalue weighted by Crippen LogP contribution is -2.40. The Kier molecular flexibility index (Phi) is 4.41. The molecule has 0 saturated carbocycles. The first-order valence-corrected chi connectivity index (χ1v) is 7.86. The summed E-state index contributed by atoms with van der Waals surface area (Å²) in [7, 11) is 0. The molecule has 2 aromatic heterocycles. The molecule has 21 heavy (non-hydrogen) atoms. The second-order valence-electron chi connectivity index (χ2n) is 5.60. The van der Waals surface area contributed by atoms with Crippen LogP contribution in [0.2, 0.25) is 0 Å². The Bertz CT molecular complexity index is 595. The maximum absolute atomic E-state index is 5.96. The van der Waals surface area contributed by atoms with Crippen molar-refractivity contribution in [3.05, 3.63) is 30.1 Å². The normalized spacial score (nSPS) is 19.3. The number of hydrogen-bond donors (Lipinski definition) is 1. The molecule has 114 valence electrons. The van der Waals surface area contributed by atoms with E-state index in [1.165, 1.54) is 0 Å². The number of nitrogens with zero attached hydrogens (tertiary/aromatic N) is 3. The van der Waals surface area contributed by atoms with Crippen LogP contribution in [0.4, 0.5) is 5.82 Å². The Labute approximate surface area is 125 Å². The molecule has 1 aliphatic rings. The molecule has 0 bridgehead atoms. The van der Waals surface area contributed by atoms with Gasteiger partial charge in [-0.05, 0) is 31.4 Å². The summed E-state index contributed by atoms with van der Waals surface area (Å²) in [5.74, 6) is 1.02. The van der Waals surface area contributed by atoms with Crippen molar-refractivity contribution in [1.82, 2.24) is 9.38 Å². The van der Waals surface area contributed by atoms with E-state index in [4.69, 9.17) is 15.5 Å². The van der Waals surface area contributed by atoms with E-state index in [2.05, 4.69) is 16.2 Å². The Morgan fingerprint density at radius 3 is 3.14 bits per heavy atom. The molecule has 1 aliphatic heterocycles. The highest BCUT2D eigenvalue weighted by atomic mass is 16.5. The number of hydrogen-bond acceptors (Lipinski definition) is 4. The molecule has 0 radical (unpaired) electrons. The number of ether oxygens (including phenoxy) is 1. The van der Waals surface area contributed by atoms with Crippen molar-refractivity contribution in [2.24, 2.45) is 5.73 Å². The summed E-state index contributed by atoms with van der Waals surface area (Å²) < 4.78 is 8.01. The molecular weight excluding hydrogens is 264 g/mol. The highest BCUT2D eigenvalue weighted by molar-refractivity contribution is 5.56. The van der Waals surface area contributed by atoms with Crippen LogP contribution >= 0.6 is 0 Å². The molecule has 1 fully saturated rings. The van der Waals surface area contributed by atoms with Crippen LogP contribution in [-0.4, -0.2) is 35.2 Å². The van der Waals surface area contributed by atoms with E-state index in [1.54, 1.807) is 0 Å². The molecule has 3 rings (SSSR count). The molecule has 0 aliphatic carbocycles. The van der Waals surface area contributed by atoms with Gasteiger partial charge in [-0.3, -0.25) is 0 Å². The zero-order valence-corrected chi connectivity index (χ0v) is 12.7. The smallest absolute Gasteiger partial charge is 0.152 e. The molecule has 1 saturated heterocycles. The van der Waals surface area contributed by atoms with Gasteiger partial charge in [0.25, 0.3) is 0 Å². The molecule has 1 atom stereocenters.